The second-order valence-corrected chi connectivity index (χ2v) is 4.96. The molecule has 1 N–H and O–H groups in total. The molecule has 0 unspecified atom stereocenters. The maximum absolute atomic E-state index is 8.83. The van der Waals surface area contributed by atoms with Crippen LogP contribution in [0.3, 0.4) is 0 Å². The number of oxazole rings is 1. The zero-order valence-electron chi connectivity index (χ0n) is 11.6. The predicted octanol–water partition coefficient (Wildman–Crippen LogP) is 2.52. The van der Waals surface area contributed by atoms with Crippen molar-refractivity contribution in [2.75, 3.05) is 6.61 Å². The summed E-state index contributed by atoms with van der Waals surface area (Å²) in [5.74, 6) is 1.19. The van der Waals surface area contributed by atoms with Gasteiger partial charge in [0.2, 0.25) is 11.8 Å². The minimum atomic E-state index is 0.223. The first kappa shape index (κ1) is 13.1. The predicted molar refractivity (Wildman–Crippen MR) is 74.4 cm³/mol. The van der Waals surface area contributed by atoms with E-state index in [1.54, 1.807) is 6.20 Å². The van der Waals surface area contributed by atoms with E-state index < -0.39 is 0 Å². The quantitative estimate of drug-likeness (QED) is 0.789. The number of fused-ring (bicyclic) bond motifs is 1. The number of hydrogen-bond acceptors (Lipinski definition) is 6. The summed E-state index contributed by atoms with van der Waals surface area (Å²) in [4.78, 5) is 15.5. The number of hydrogen-bond donors (Lipinski definition) is 1. The van der Waals surface area contributed by atoms with Gasteiger partial charge < -0.3 is 14.1 Å². The lowest BCUT2D eigenvalue weighted by Crippen LogP contribution is -2.06. The molecule has 0 aliphatic heterocycles. The van der Waals surface area contributed by atoms with Crippen molar-refractivity contribution in [2.45, 2.75) is 13.8 Å². The lowest BCUT2D eigenvalue weighted by molar-refractivity contribution is 0.264. The summed E-state index contributed by atoms with van der Waals surface area (Å²) >= 11 is 0. The van der Waals surface area contributed by atoms with Crippen molar-refractivity contribution in [3.8, 4) is 23.4 Å². The van der Waals surface area contributed by atoms with Crippen LogP contribution in [-0.2, 0) is 0 Å². The zero-order chi connectivity index (χ0) is 14.8. The topological polar surface area (TPSA) is 101 Å². The average molecular weight is 283 g/mol. The molecule has 3 rings (SSSR count). The van der Waals surface area contributed by atoms with Crippen LogP contribution in [0.5, 0.6) is 5.88 Å². The van der Waals surface area contributed by atoms with Crippen LogP contribution in [0.15, 0.2) is 23.2 Å². The number of rotatable bonds is 4. The number of H-pyrrole nitrogens is 1. The van der Waals surface area contributed by atoms with E-state index in [-0.39, 0.29) is 5.69 Å². The van der Waals surface area contributed by atoms with Crippen LogP contribution < -0.4 is 4.74 Å². The van der Waals surface area contributed by atoms with E-state index in [0.717, 1.165) is 0 Å². The highest BCUT2D eigenvalue weighted by atomic mass is 16.5. The lowest BCUT2D eigenvalue weighted by Gasteiger charge is -2.08. The molecule has 3 heterocycles. The summed E-state index contributed by atoms with van der Waals surface area (Å²) in [7, 11) is 0. The first-order valence-electron chi connectivity index (χ1n) is 6.50. The highest BCUT2D eigenvalue weighted by Crippen LogP contribution is 2.32. The van der Waals surface area contributed by atoms with Crippen LogP contribution in [0, 0.1) is 17.2 Å². The number of nitrogens with one attached hydrogen (secondary N) is 1. The van der Waals surface area contributed by atoms with Crippen molar-refractivity contribution >= 4 is 11.0 Å². The van der Waals surface area contributed by atoms with Crippen LogP contribution in [0.2, 0.25) is 0 Å². The van der Waals surface area contributed by atoms with Crippen LogP contribution in [0.1, 0.15) is 19.5 Å². The maximum Gasteiger partial charge on any atom is 0.229 e. The van der Waals surface area contributed by atoms with Gasteiger partial charge in [0.1, 0.15) is 24.3 Å². The summed E-state index contributed by atoms with van der Waals surface area (Å²) < 4.78 is 11.1. The number of aromatic amines is 1. The van der Waals surface area contributed by atoms with Gasteiger partial charge in [-0.05, 0) is 5.92 Å². The Kier molecular flexibility index (Phi) is 3.28. The van der Waals surface area contributed by atoms with Crippen molar-refractivity contribution in [1.29, 1.82) is 5.26 Å². The van der Waals surface area contributed by atoms with E-state index in [0.29, 0.717) is 40.9 Å². The monoisotopic (exact) mass is 283 g/mol. The van der Waals surface area contributed by atoms with Gasteiger partial charge in [-0.15, -0.1) is 0 Å². The Balaban J connectivity index is 2.09. The molecular formula is C14H13N5O2. The van der Waals surface area contributed by atoms with Gasteiger partial charge in [0, 0.05) is 6.20 Å². The molecule has 7 nitrogen and oxygen atoms in total. The lowest BCUT2D eigenvalue weighted by atomic mass is 10.2. The van der Waals surface area contributed by atoms with Gasteiger partial charge in [-0.25, -0.2) is 9.97 Å². The highest BCUT2D eigenvalue weighted by Gasteiger charge is 2.18. The van der Waals surface area contributed by atoms with E-state index >= 15 is 0 Å². The third-order valence-corrected chi connectivity index (χ3v) is 2.84. The number of nitrogens with zero attached hydrogens (tertiary/aromatic N) is 4. The van der Waals surface area contributed by atoms with Gasteiger partial charge in [0.05, 0.1) is 17.6 Å². The van der Waals surface area contributed by atoms with Gasteiger partial charge in [-0.3, -0.25) is 0 Å². The summed E-state index contributed by atoms with van der Waals surface area (Å²) in [6.07, 6.45) is 4.47. The van der Waals surface area contributed by atoms with Crippen molar-refractivity contribution in [3.05, 3.63) is 24.5 Å². The molecule has 0 radical (unpaired) electrons. The molecule has 3 aromatic rings. The molecule has 0 aliphatic carbocycles. The van der Waals surface area contributed by atoms with Crippen LogP contribution in [0.25, 0.3) is 22.5 Å². The fourth-order valence-corrected chi connectivity index (χ4v) is 1.91. The molecule has 0 aliphatic rings. The normalized spacial score (nSPS) is 11.0. The third kappa shape index (κ3) is 2.43. The van der Waals surface area contributed by atoms with Crippen LogP contribution >= 0.6 is 0 Å². The molecule has 0 saturated heterocycles. The Labute approximate surface area is 120 Å². The molecule has 0 aromatic carbocycles. The molecule has 3 aromatic heterocycles. The smallest absolute Gasteiger partial charge is 0.229 e. The molecule has 7 heteroatoms. The second-order valence-electron chi connectivity index (χ2n) is 4.96. The highest BCUT2D eigenvalue weighted by molar-refractivity contribution is 5.95. The van der Waals surface area contributed by atoms with Crippen molar-refractivity contribution in [3.63, 3.8) is 0 Å². The average Bonchev–Trinajstić information content (AvgIpc) is 3.10. The van der Waals surface area contributed by atoms with Crippen molar-refractivity contribution in [2.24, 2.45) is 5.92 Å². The van der Waals surface area contributed by atoms with Crippen LogP contribution in [-0.4, -0.2) is 26.5 Å². The summed E-state index contributed by atoms with van der Waals surface area (Å²) in [6.45, 7) is 4.67. The van der Waals surface area contributed by atoms with Gasteiger partial charge in [0.25, 0.3) is 0 Å². The summed E-state index contributed by atoms with van der Waals surface area (Å²) in [6, 6.07) is 1.93. The first-order chi connectivity index (χ1) is 10.2. The van der Waals surface area contributed by atoms with E-state index in [4.69, 9.17) is 14.4 Å². The fourth-order valence-electron chi connectivity index (χ4n) is 1.91. The SMILES string of the molecule is CC(C)COc1ncnc2[nH]cc(-c3nc(C#N)co3)c12. The second kappa shape index (κ2) is 5.25. The van der Waals surface area contributed by atoms with Crippen molar-refractivity contribution in [1.82, 2.24) is 19.9 Å². The van der Waals surface area contributed by atoms with Crippen LogP contribution in [0.4, 0.5) is 0 Å². The minimum absolute atomic E-state index is 0.223. The van der Waals surface area contributed by atoms with Gasteiger partial charge in [-0.1, -0.05) is 13.8 Å². The standard InChI is InChI=1S/C14H13N5O2/c1-8(2)5-20-14-11-10(4-16-12(11)17-7-18-14)13-19-9(3-15)6-21-13/h4,6-8H,5H2,1-2H3,(H,16,17,18). The van der Waals surface area contributed by atoms with E-state index in [1.165, 1.54) is 12.6 Å². The number of ether oxygens (including phenoxy) is 1. The molecule has 0 amide bonds. The van der Waals surface area contributed by atoms with E-state index in [9.17, 15) is 0 Å². The van der Waals surface area contributed by atoms with Gasteiger partial charge in [0.15, 0.2) is 5.69 Å². The largest absolute Gasteiger partial charge is 0.477 e. The molecule has 0 saturated carbocycles. The molecular weight excluding hydrogens is 270 g/mol. The minimum Gasteiger partial charge on any atom is -0.477 e. The van der Waals surface area contributed by atoms with E-state index in [2.05, 4.69) is 33.8 Å². The third-order valence-electron chi connectivity index (χ3n) is 2.84. The Bertz CT molecular complexity index is 812. The molecule has 106 valence electrons. The molecule has 0 atom stereocenters. The van der Waals surface area contributed by atoms with Gasteiger partial charge >= 0.3 is 0 Å². The number of nitriles is 1. The maximum atomic E-state index is 8.83. The number of aromatic nitrogens is 4. The molecule has 0 fully saturated rings. The van der Waals surface area contributed by atoms with Crippen molar-refractivity contribution < 1.29 is 9.15 Å². The Morgan fingerprint density at radius 3 is 3.00 bits per heavy atom. The Morgan fingerprint density at radius 1 is 1.43 bits per heavy atom. The first-order valence-corrected chi connectivity index (χ1v) is 6.50. The zero-order valence-corrected chi connectivity index (χ0v) is 11.6. The van der Waals surface area contributed by atoms with E-state index in [1.807, 2.05) is 6.07 Å². The molecule has 0 bridgehead atoms. The molecule has 21 heavy (non-hydrogen) atoms. The van der Waals surface area contributed by atoms with Gasteiger partial charge in [-0.2, -0.15) is 10.2 Å². The molecule has 0 spiro atoms. The Morgan fingerprint density at radius 2 is 2.29 bits per heavy atom. The Hall–Kier alpha value is -2.88. The fraction of sp³-hybridized carbons (Fsp3) is 0.286. The summed E-state index contributed by atoms with van der Waals surface area (Å²) in [5.41, 5.74) is 1.53. The summed E-state index contributed by atoms with van der Waals surface area (Å²) in [5, 5.41) is 9.53.